The molecule has 0 atom stereocenters. The lowest BCUT2D eigenvalue weighted by molar-refractivity contribution is 0.197. The van der Waals surface area contributed by atoms with Crippen LogP contribution in [0.3, 0.4) is 0 Å². The number of rotatable bonds is 5. The van der Waals surface area contributed by atoms with E-state index < -0.39 is 5.82 Å². The van der Waals surface area contributed by atoms with E-state index >= 15 is 0 Å². The summed E-state index contributed by atoms with van der Waals surface area (Å²) in [6.07, 6.45) is 9.04. The highest BCUT2D eigenvalue weighted by Gasteiger charge is 2.24. The summed E-state index contributed by atoms with van der Waals surface area (Å²) in [6, 6.07) is 6.20. The van der Waals surface area contributed by atoms with E-state index in [0.29, 0.717) is 24.2 Å². The fourth-order valence-corrected chi connectivity index (χ4v) is 3.24. The highest BCUT2D eigenvalue weighted by Crippen LogP contribution is 2.34. The molecule has 1 fully saturated rings. The summed E-state index contributed by atoms with van der Waals surface area (Å²) < 4.78 is 19.3. The van der Waals surface area contributed by atoms with E-state index in [9.17, 15) is 4.39 Å². The van der Waals surface area contributed by atoms with Crippen LogP contribution in [0.1, 0.15) is 55.5 Å². The van der Waals surface area contributed by atoms with Gasteiger partial charge in [0.25, 0.3) is 0 Å². The van der Waals surface area contributed by atoms with E-state index in [0.717, 1.165) is 37.9 Å². The van der Waals surface area contributed by atoms with Crippen molar-refractivity contribution in [3.05, 3.63) is 53.4 Å². The number of aromatic nitrogens is 2. The fraction of sp³-hybridized carbons (Fsp3) is 0.450. The average Bonchev–Trinajstić information content (AvgIpc) is 2.67. The number of halogens is 1. The molecule has 0 N–H and O–H groups in total. The van der Waals surface area contributed by atoms with E-state index in [1.165, 1.54) is 17.7 Å². The summed E-state index contributed by atoms with van der Waals surface area (Å²) in [7, 11) is 0. The molecule has 0 spiro atoms. The monoisotopic (exact) mass is 339 g/mol. The maximum atomic E-state index is 13.6. The van der Waals surface area contributed by atoms with Gasteiger partial charge in [-0.3, -0.25) is 0 Å². The summed E-state index contributed by atoms with van der Waals surface area (Å²) in [5.41, 5.74) is 1.21. The number of nitriles is 1. The summed E-state index contributed by atoms with van der Waals surface area (Å²) >= 11 is 0. The Kier molecular flexibility index (Phi) is 5.60. The predicted octanol–water partition coefficient (Wildman–Crippen LogP) is 4.40. The van der Waals surface area contributed by atoms with Crippen LogP contribution in [0.25, 0.3) is 0 Å². The molecule has 0 bridgehead atoms. The third-order valence-electron chi connectivity index (χ3n) is 4.89. The van der Waals surface area contributed by atoms with Gasteiger partial charge in [0.05, 0.1) is 12.2 Å². The molecule has 1 aromatic carbocycles. The number of nitrogens with zero attached hydrogens (tertiary/aromatic N) is 3. The Morgan fingerprint density at radius 2 is 1.92 bits per heavy atom. The topological polar surface area (TPSA) is 58.8 Å². The Labute approximate surface area is 147 Å². The summed E-state index contributed by atoms with van der Waals surface area (Å²) in [6.45, 7) is 2.68. The summed E-state index contributed by atoms with van der Waals surface area (Å²) in [5, 5.41) is 8.75. The SMILES string of the molecule is CCc1cnc(C2CCC(COc3ccc(C#N)c(F)c3)CC2)nc1. The molecule has 130 valence electrons. The molecule has 0 amide bonds. The first-order valence-corrected chi connectivity index (χ1v) is 8.82. The highest BCUT2D eigenvalue weighted by molar-refractivity contribution is 5.36. The van der Waals surface area contributed by atoms with Crippen molar-refractivity contribution in [2.24, 2.45) is 5.92 Å². The van der Waals surface area contributed by atoms with Crippen LogP contribution in [-0.4, -0.2) is 16.6 Å². The molecule has 1 aromatic heterocycles. The first-order valence-electron chi connectivity index (χ1n) is 8.82. The molecule has 0 unspecified atom stereocenters. The molecule has 2 aromatic rings. The van der Waals surface area contributed by atoms with Crippen LogP contribution in [0.4, 0.5) is 4.39 Å². The van der Waals surface area contributed by atoms with Crippen LogP contribution in [0.5, 0.6) is 5.75 Å². The smallest absolute Gasteiger partial charge is 0.144 e. The molecule has 1 saturated carbocycles. The lowest BCUT2D eigenvalue weighted by Crippen LogP contribution is -2.20. The lowest BCUT2D eigenvalue weighted by atomic mass is 9.82. The van der Waals surface area contributed by atoms with Gasteiger partial charge in [-0.05, 0) is 55.7 Å². The number of benzene rings is 1. The molecule has 0 radical (unpaired) electrons. The van der Waals surface area contributed by atoms with Crippen molar-refractivity contribution in [2.75, 3.05) is 6.61 Å². The van der Waals surface area contributed by atoms with Crippen LogP contribution in [-0.2, 0) is 6.42 Å². The normalized spacial score (nSPS) is 20.0. The van der Waals surface area contributed by atoms with Gasteiger partial charge in [0.2, 0.25) is 0 Å². The number of hydrogen-bond donors (Lipinski definition) is 0. The molecule has 25 heavy (non-hydrogen) atoms. The van der Waals surface area contributed by atoms with Gasteiger partial charge in [-0.1, -0.05) is 6.92 Å². The minimum Gasteiger partial charge on any atom is -0.493 e. The van der Waals surface area contributed by atoms with Crippen molar-refractivity contribution >= 4 is 0 Å². The molecule has 3 rings (SSSR count). The van der Waals surface area contributed by atoms with Crippen molar-refractivity contribution in [2.45, 2.75) is 44.9 Å². The molecular weight excluding hydrogens is 317 g/mol. The molecule has 5 heteroatoms. The van der Waals surface area contributed by atoms with Crippen LogP contribution in [0.2, 0.25) is 0 Å². The highest BCUT2D eigenvalue weighted by atomic mass is 19.1. The Balaban J connectivity index is 1.49. The van der Waals surface area contributed by atoms with E-state index in [4.69, 9.17) is 10.00 Å². The Bertz CT molecular complexity index is 747. The van der Waals surface area contributed by atoms with E-state index in [1.807, 2.05) is 18.5 Å². The van der Waals surface area contributed by atoms with Gasteiger partial charge in [0, 0.05) is 24.4 Å². The van der Waals surface area contributed by atoms with Gasteiger partial charge in [0.15, 0.2) is 0 Å². The number of ether oxygens (including phenoxy) is 1. The molecule has 0 saturated heterocycles. The average molecular weight is 339 g/mol. The van der Waals surface area contributed by atoms with E-state index in [-0.39, 0.29) is 5.56 Å². The zero-order valence-corrected chi connectivity index (χ0v) is 14.4. The standard InChI is InChI=1S/C20H22FN3O/c1-2-14-11-23-20(24-12-14)16-5-3-15(4-6-16)13-25-18-8-7-17(10-22)19(21)9-18/h7-9,11-12,15-16H,2-6,13H2,1H3. The van der Waals surface area contributed by atoms with Gasteiger partial charge >= 0.3 is 0 Å². The van der Waals surface area contributed by atoms with Crippen LogP contribution in [0, 0.1) is 23.1 Å². The number of aryl methyl sites for hydroxylation is 1. The first-order chi connectivity index (χ1) is 12.2. The van der Waals surface area contributed by atoms with Gasteiger partial charge in [0.1, 0.15) is 23.5 Å². The molecule has 0 aliphatic heterocycles. The second-order valence-electron chi connectivity index (χ2n) is 6.59. The fourth-order valence-electron chi connectivity index (χ4n) is 3.24. The zero-order chi connectivity index (χ0) is 17.6. The van der Waals surface area contributed by atoms with Crippen LogP contribution < -0.4 is 4.74 Å². The maximum absolute atomic E-state index is 13.6. The minimum absolute atomic E-state index is 0.0435. The van der Waals surface area contributed by atoms with Crippen molar-refractivity contribution in [1.82, 2.24) is 9.97 Å². The summed E-state index contributed by atoms with van der Waals surface area (Å²) in [5.74, 6) is 1.79. The molecule has 1 heterocycles. The Hall–Kier alpha value is -2.48. The van der Waals surface area contributed by atoms with Crippen molar-refractivity contribution < 1.29 is 9.13 Å². The van der Waals surface area contributed by atoms with Gasteiger partial charge < -0.3 is 4.74 Å². The lowest BCUT2D eigenvalue weighted by Gasteiger charge is -2.27. The molecule has 4 nitrogen and oxygen atoms in total. The predicted molar refractivity (Wildman–Crippen MR) is 92.7 cm³/mol. The Morgan fingerprint density at radius 1 is 1.20 bits per heavy atom. The van der Waals surface area contributed by atoms with Gasteiger partial charge in [-0.2, -0.15) is 5.26 Å². The van der Waals surface area contributed by atoms with Gasteiger partial charge in [-0.25, -0.2) is 14.4 Å². The summed E-state index contributed by atoms with van der Waals surface area (Å²) in [4.78, 5) is 9.01. The van der Waals surface area contributed by atoms with E-state index in [2.05, 4.69) is 16.9 Å². The van der Waals surface area contributed by atoms with Crippen molar-refractivity contribution in [3.63, 3.8) is 0 Å². The molecule has 1 aliphatic rings. The van der Waals surface area contributed by atoms with E-state index in [1.54, 1.807) is 6.07 Å². The Morgan fingerprint density at radius 3 is 2.52 bits per heavy atom. The third-order valence-corrected chi connectivity index (χ3v) is 4.89. The zero-order valence-electron chi connectivity index (χ0n) is 14.4. The molecule has 1 aliphatic carbocycles. The van der Waals surface area contributed by atoms with Gasteiger partial charge in [-0.15, -0.1) is 0 Å². The first kappa shape index (κ1) is 17.3. The second-order valence-corrected chi connectivity index (χ2v) is 6.59. The quantitative estimate of drug-likeness (QED) is 0.810. The second kappa shape index (κ2) is 8.06. The molecular formula is C20H22FN3O. The van der Waals surface area contributed by atoms with Crippen molar-refractivity contribution in [3.8, 4) is 11.8 Å². The number of hydrogen-bond acceptors (Lipinski definition) is 4. The largest absolute Gasteiger partial charge is 0.493 e. The van der Waals surface area contributed by atoms with Crippen LogP contribution >= 0.6 is 0 Å². The maximum Gasteiger partial charge on any atom is 0.144 e. The third kappa shape index (κ3) is 4.33. The minimum atomic E-state index is -0.531. The van der Waals surface area contributed by atoms with Crippen LogP contribution in [0.15, 0.2) is 30.6 Å². The van der Waals surface area contributed by atoms with Crippen molar-refractivity contribution in [1.29, 1.82) is 5.26 Å².